The standard InChI is InChI=1S/C10H23NO.C8H19O4P/c1-3-5-7-11(9-10-12)8-6-4-2;1-3-5-6-8(4-2)7-12-13(9,10)11/h12H,3-10H2,1-2H3;8H,3-7H2,1-2H3,(H2,9,10,11). The molecule has 1 unspecified atom stereocenters. The number of hydrogen-bond donors (Lipinski definition) is 3. The maximum absolute atomic E-state index is 10.4. The van der Waals surface area contributed by atoms with E-state index in [0.29, 0.717) is 6.61 Å². The Balaban J connectivity index is 0. The van der Waals surface area contributed by atoms with Crippen LogP contribution in [-0.4, -0.2) is 52.6 Å². The molecule has 0 heterocycles. The van der Waals surface area contributed by atoms with Crippen LogP contribution in [0.25, 0.3) is 0 Å². The third-order valence-electron chi connectivity index (χ3n) is 4.09. The second-order valence-corrected chi connectivity index (χ2v) is 7.71. The molecule has 0 saturated heterocycles. The maximum Gasteiger partial charge on any atom is 0.469 e. The van der Waals surface area contributed by atoms with Crippen molar-refractivity contribution in [1.82, 2.24) is 4.90 Å². The number of nitrogens with zero attached hydrogens (tertiary/aromatic N) is 1. The molecule has 0 bridgehead atoms. The van der Waals surface area contributed by atoms with Crippen molar-refractivity contribution in [3.63, 3.8) is 0 Å². The summed E-state index contributed by atoms with van der Waals surface area (Å²) in [7, 11) is -4.26. The van der Waals surface area contributed by atoms with Gasteiger partial charge in [0, 0.05) is 6.54 Å². The minimum Gasteiger partial charge on any atom is -0.395 e. The molecule has 0 aliphatic carbocycles. The average molecular weight is 384 g/mol. The molecule has 0 spiro atoms. The van der Waals surface area contributed by atoms with Crippen molar-refractivity contribution in [2.75, 3.05) is 32.8 Å². The Morgan fingerprint density at radius 3 is 1.80 bits per heavy atom. The van der Waals surface area contributed by atoms with Gasteiger partial charge in [0.25, 0.3) is 0 Å². The van der Waals surface area contributed by atoms with Crippen molar-refractivity contribution in [1.29, 1.82) is 0 Å². The summed E-state index contributed by atoms with van der Waals surface area (Å²) in [6, 6.07) is 0. The smallest absolute Gasteiger partial charge is 0.395 e. The van der Waals surface area contributed by atoms with Gasteiger partial charge in [-0.3, -0.25) is 4.52 Å². The molecule has 0 aromatic heterocycles. The van der Waals surface area contributed by atoms with Gasteiger partial charge in [-0.05, 0) is 38.3 Å². The average Bonchev–Trinajstić information content (AvgIpc) is 2.57. The number of phosphoric ester groups is 1. The maximum atomic E-state index is 10.4. The van der Waals surface area contributed by atoms with Crippen LogP contribution < -0.4 is 0 Å². The van der Waals surface area contributed by atoms with Crippen molar-refractivity contribution >= 4 is 7.82 Å². The molecule has 25 heavy (non-hydrogen) atoms. The third kappa shape index (κ3) is 22.0. The van der Waals surface area contributed by atoms with E-state index in [2.05, 4.69) is 30.2 Å². The van der Waals surface area contributed by atoms with Gasteiger partial charge < -0.3 is 19.8 Å². The summed E-state index contributed by atoms with van der Waals surface area (Å²) in [6.07, 6.45) is 9.07. The summed E-state index contributed by atoms with van der Waals surface area (Å²) in [5, 5.41) is 8.79. The van der Waals surface area contributed by atoms with Crippen LogP contribution >= 0.6 is 7.82 Å². The first kappa shape index (κ1) is 27.3. The Morgan fingerprint density at radius 2 is 1.44 bits per heavy atom. The molecular weight excluding hydrogens is 341 g/mol. The molecule has 0 radical (unpaired) electrons. The molecule has 0 aromatic rings. The highest BCUT2D eigenvalue weighted by atomic mass is 31.2. The first-order valence-electron chi connectivity index (χ1n) is 9.87. The molecule has 0 fully saturated rings. The van der Waals surface area contributed by atoms with Crippen LogP contribution in [0, 0.1) is 5.92 Å². The predicted molar refractivity (Wildman–Crippen MR) is 105 cm³/mol. The molecule has 0 aliphatic rings. The van der Waals surface area contributed by atoms with Gasteiger partial charge in [-0.2, -0.15) is 0 Å². The van der Waals surface area contributed by atoms with E-state index in [1.54, 1.807) is 0 Å². The number of aliphatic hydroxyl groups excluding tert-OH is 1. The molecule has 0 saturated carbocycles. The van der Waals surface area contributed by atoms with Gasteiger partial charge in [0.05, 0.1) is 13.2 Å². The van der Waals surface area contributed by atoms with Crippen LogP contribution in [0.5, 0.6) is 0 Å². The summed E-state index contributed by atoms with van der Waals surface area (Å²) in [5.41, 5.74) is 0. The first-order chi connectivity index (χ1) is 11.8. The second-order valence-electron chi connectivity index (χ2n) is 6.48. The molecule has 3 N–H and O–H groups in total. The molecule has 1 atom stereocenters. The van der Waals surface area contributed by atoms with Gasteiger partial charge in [-0.1, -0.05) is 59.8 Å². The van der Waals surface area contributed by atoms with Crippen LogP contribution in [0.4, 0.5) is 0 Å². The highest BCUT2D eigenvalue weighted by Crippen LogP contribution is 2.36. The number of rotatable bonds is 15. The van der Waals surface area contributed by atoms with Crippen molar-refractivity contribution in [2.45, 2.75) is 79.1 Å². The summed E-state index contributed by atoms with van der Waals surface area (Å²) in [5.74, 6) is 0.271. The van der Waals surface area contributed by atoms with Crippen LogP contribution in [-0.2, 0) is 9.09 Å². The minimum absolute atomic E-state index is 0.167. The lowest BCUT2D eigenvalue weighted by molar-refractivity contribution is 0.161. The number of aliphatic hydroxyl groups is 1. The van der Waals surface area contributed by atoms with Crippen LogP contribution in [0.2, 0.25) is 0 Å². The van der Waals surface area contributed by atoms with Crippen LogP contribution in [0.15, 0.2) is 0 Å². The molecule has 0 rings (SSSR count). The number of unbranched alkanes of at least 4 members (excludes halogenated alkanes) is 3. The van der Waals surface area contributed by atoms with Gasteiger partial charge in [0.1, 0.15) is 0 Å². The van der Waals surface area contributed by atoms with Crippen molar-refractivity contribution in [2.24, 2.45) is 5.92 Å². The predicted octanol–water partition coefficient (Wildman–Crippen LogP) is 4.19. The van der Waals surface area contributed by atoms with E-state index in [1.165, 1.54) is 25.7 Å². The Labute approximate surface area is 155 Å². The molecule has 6 nitrogen and oxygen atoms in total. The zero-order chi connectivity index (χ0) is 19.6. The van der Waals surface area contributed by atoms with Crippen LogP contribution in [0.1, 0.15) is 79.1 Å². The minimum atomic E-state index is -4.26. The summed E-state index contributed by atoms with van der Waals surface area (Å²) < 4.78 is 14.8. The van der Waals surface area contributed by atoms with E-state index in [4.69, 9.17) is 14.9 Å². The lowest BCUT2D eigenvalue weighted by Gasteiger charge is -2.20. The Bertz CT molecular complexity index is 304. The third-order valence-corrected chi connectivity index (χ3v) is 4.58. The number of hydrogen-bond acceptors (Lipinski definition) is 4. The molecular formula is C18H42NO5P. The van der Waals surface area contributed by atoms with E-state index in [9.17, 15) is 4.57 Å². The van der Waals surface area contributed by atoms with Gasteiger partial charge in [-0.25, -0.2) is 4.57 Å². The second kappa shape index (κ2) is 18.8. The Kier molecular flexibility index (Phi) is 20.5. The van der Waals surface area contributed by atoms with Gasteiger partial charge in [0.15, 0.2) is 0 Å². The molecule has 7 heteroatoms. The number of phosphoric acid groups is 1. The van der Waals surface area contributed by atoms with Gasteiger partial charge in [-0.15, -0.1) is 0 Å². The molecule has 0 aliphatic heterocycles. The first-order valence-corrected chi connectivity index (χ1v) is 11.4. The Hall–Kier alpha value is 0.0300. The summed E-state index contributed by atoms with van der Waals surface area (Å²) in [4.78, 5) is 19.3. The fraction of sp³-hybridized carbons (Fsp3) is 1.00. The zero-order valence-corrected chi connectivity index (χ0v) is 17.7. The fourth-order valence-corrected chi connectivity index (χ4v) is 2.75. The van der Waals surface area contributed by atoms with E-state index in [1.807, 2.05) is 6.92 Å². The van der Waals surface area contributed by atoms with E-state index < -0.39 is 7.82 Å². The van der Waals surface area contributed by atoms with E-state index in [-0.39, 0.29) is 12.5 Å². The van der Waals surface area contributed by atoms with Crippen molar-refractivity contribution in [3.05, 3.63) is 0 Å². The quantitative estimate of drug-likeness (QED) is 0.367. The van der Waals surface area contributed by atoms with Crippen molar-refractivity contribution < 1.29 is 24.0 Å². The summed E-state index contributed by atoms with van der Waals surface area (Å²) >= 11 is 0. The normalized spacial score (nSPS) is 12.8. The topological polar surface area (TPSA) is 90.2 Å². The lowest BCUT2D eigenvalue weighted by atomic mass is 10.0. The van der Waals surface area contributed by atoms with Crippen LogP contribution in [0.3, 0.4) is 0 Å². The fourth-order valence-electron chi connectivity index (χ4n) is 2.34. The van der Waals surface area contributed by atoms with Gasteiger partial charge >= 0.3 is 7.82 Å². The monoisotopic (exact) mass is 383 g/mol. The van der Waals surface area contributed by atoms with E-state index >= 15 is 0 Å². The highest BCUT2D eigenvalue weighted by molar-refractivity contribution is 7.46. The Morgan fingerprint density at radius 1 is 0.920 bits per heavy atom. The molecule has 154 valence electrons. The molecule has 0 amide bonds. The zero-order valence-electron chi connectivity index (χ0n) is 16.8. The van der Waals surface area contributed by atoms with Crippen molar-refractivity contribution in [3.8, 4) is 0 Å². The molecule has 0 aromatic carbocycles. The van der Waals surface area contributed by atoms with Gasteiger partial charge in [0.2, 0.25) is 0 Å². The lowest BCUT2D eigenvalue weighted by Crippen LogP contribution is -2.28. The van der Waals surface area contributed by atoms with E-state index in [0.717, 1.165) is 45.3 Å². The largest absolute Gasteiger partial charge is 0.469 e. The summed E-state index contributed by atoms with van der Waals surface area (Å²) in [6.45, 7) is 12.1. The SMILES string of the molecule is CCCCC(CC)COP(=O)(O)O.CCCCN(CCO)CCCC. The highest BCUT2D eigenvalue weighted by Gasteiger charge is 2.16.